The quantitative estimate of drug-likeness (QED) is 0.805. The minimum Gasteiger partial charge on any atom is -0.443 e. The van der Waals surface area contributed by atoms with Gasteiger partial charge >= 0.3 is 6.09 Å². The van der Waals surface area contributed by atoms with Gasteiger partial charge in [0, 0.05) is 6.61 Å². The number of hydrogen-bond donors (Lipinski definition) is 1. The maximum absolute atomic E-state index is 11.5. The molecule has 1 unspecified atom stereocenters. The lowest BCUT2D eigenvalue weighted by Gasteiger charge is -2.05. The number of carbonyl (C=O) groups excluding carboxylic acids is 1. The Morgan fingerprint density at radius 3 is 2.94 bits per heavy atom. The fourth-order valence-corrected chi connectivity index (χ4v) is 1.75. The molecule has 0 aromatic heterocycles. The van der Waals surface area contributed by atoms with E-state index in [2.05, 4.69) is 5.10 Å². The predicted octanol–water partition coefficient (Wildman–Crippen LogP) is 1.61. The molecule has 1 aromatic rings. The van der Waals surface area contributed by atoms with Crippen LogP contribution in [0.3, 0.4) is 0 Å². The molecule has 1 N–H and O–H groups in total. The Bertz CT molecular complexity index is 420. The van der Waals surface area contributed by atoms with E-state index in [4.69, 9.17) is 9.84 Å². The number of hydrogen-bond acceptors (Lipinski definition) is 4. The highest BCUT2D eigenvalue weighted by molar-refractivity contribution is 5.81. The second-order valence-electron chi connectivity index (χ2n) is 4.11. The number of hydrazone groups is 1. The highest BCUT2D eigenvalue weighted by Gasteiger charge is 2.30. The highest BCUT2D eigenvalue weighted by Crippen LogP contribution is 2.15. The van der Waals surface area contributed by atoms with Gasteiger partial charge in [-0.05, 0) is 18.4 Å². The molecule has 18 heavy (non-hydrogen) atoms. The number of rotatable bonds is 5. The van der Waals surface area contributed by atoms with Crippen LogP contribution in [0.1, 0.15) is 18.4 Å². The number of ether oxygens (including phenoxy) is 1. The van der Waals surface area contributed by atoms with E-state index in [0.29, 0.717) is 19.4 Å². The summed E-state index contributed by atoms with van der Waals surface area (Å²) < 4.78 is 5.13. The van der Waals surface area contributed by atoms with Crippen LogP contribution in [-0.2, 0) is 4.74 Å². The molecule has 0 radical (unpaired) electrons. The zero-order chi connectivity index (χ0) is 12.8. The van der Waals surface area contributed by atoms with Gasteiger partial charge in [-0.25, -0.2) is 4.79 Å². The molecule has 5 nitrogen and oxygen atoms in total. The minimum absolute atomic E-state index is 0.112. The Kier molecular flexibility index (Phi) is 4.30. The SMILES string of the molecule is O=C1OC(CCCO)CN1N=Cc1ccccc1. The molecule has 0 saturated carbocycles. The third-order valence-electron chi connectivity index (χ3n) is 2.68. The number of aliphatic hydroxyl groups is 1. The molecule has 1 atom stereocenters. The van der Waals surface area contributed by atoms with Crippen LogP contribution in [0.2, 0.25) is 0 Å². The van der Waals surface area contributed by atoms with E-state index in [-0.39, 0.29) is 12.7 Å². The van der Waals surface area contributed by atoms with Gasteiger partial charge in [0.15, 0.2) is 0 Å². The van der Waals surface area contributed by atoms with E-state index < -0.39 is 6.09 Å². The molecular formula is C13H16N2O3. The van der Waals surface area contributed by atoms with Gasteiger partial charge in [-0.3, -0.25) is 0 Å². The Balaban J connectivity index is 1.90. The summed E-state index contributed by atoms with van der Waals surface area (Å²) in [6.07, 6.45) is 2.34. The average Bonchev–Trinajstić information content (AvgIpc) is 2.76. The Hall–Kier alpha value is -1.88. The number of cyclic esters (lactones) is 1. The van der Waals surface area contributed by atoms with Crippen LogP contribution in [-0.4, -0.2) is 41.7 Å². The first-order valence-electron chi connectivity index (χ1n) is 5.97. The molecule has 1 fully saturated rings. The van der Waals surface area contributed by atoms with E-state index >= 15 is 0 Å². The second-order valence-corrected chi connectivity index (χ2v) is 4.11. The maximum Gasteiger partial charge on any atom is 0.430 e. The number of carbonyl (C=O) groups is 1. The van der Waals surface area contributed by atoms with Crippen LogP contribution in [0.15, 0.2) is 35.4 Å². The fraction of sp³-hybridized carbons (Fsp3) is 0.385. The summed E-state index contributed by atoms with van der Waals surface area (Å²) in [6.45, 7) is 0.559. The summed E-state index contributed by atoms with van der Waals surface area (Å²) in [4.78, 5) is 11.5. The summed E-state index contributed by atoms with van der Waals surface area (Å²) in [5, 5.41) is 14.1. The van der Waals surface area contributed by atoms with Crippen molar-refractivity contribution in [3.63, 3.8) is 0 Å². The Labute approximate surface area is 106 Å². The summed E-state index contributed by atoms with van der Waals surface area (Å²) >= 11 is 0. The molecule has 1 saturated heterocycles. The smallest absolute Gasteiger partial charge is 0.430 e. The van der Waals surface area contributed by atoms with E-state index in [9.17, 15) is 4.79 Å². The monoisotopic (exact) mass is 248 g/mol. The van der Waals surface area contributed by atoms with Crippen LogP contribution in [0, 0.1) is 0 Å². The van der Waals surface area contributed by atoms with Gasteiger partial charge in [0.25, 0.3) is 0 Å². The van der Waals surface area contributed by atoms with Gasteiger partial charge in [0.1, 0.15) is 6.10 Å². The van der Waals surface area contributed by atoms with Crippen LogP contribution >= 0.6 is 0 Å². The lowest BCUT2D eigenvalue weighted by atomic mass is 10.2. The first-order valence-corrected chi connectivity index (χ1v) is 5.97. The first-order chi connectivity index (χ1) is 8.79. The van der Waals surface area contributed by atoms with Gasteiger partial charge in [-0.15, -0.1) is 0 Å². The van der Waals surface area contributed by atoms with Crippen molar-refractivity contribution in [1.82, 2.24) is 5.01 Å². The molecule has 5 heteroatoms. The minimum atomic E-state index is -0.426. The van der Waals surface area contributed by atoms with E-state index in [1.807, 2.05) is 30.3 Å². The summed E-state index contributed by atoms with van der Waals surface area (Å²) in [7, 11) is 0. The molecule has 0 spiro atoms. The van der Waals surface area contributed by atoms with Crippen molar-refractivity contribution in [3.05, 3.63) is 35.9 Å². The zero-order valence-corrected chi connectivity index (χ0v) is 10.0. The second kappa shape index (κ2) is 6.16. The van der Waals surface area contributed by atoms with Crippen molar-refractivity contribution in [1.29, 1.82) is 0 Å². The zero-order valence-electron chi connectivity index (χ0n) is 10.0. The molecule has 0 bridgehead atoms. The van der Waals surface area contributed by atoms with E-state index in [1.54, 1.807) is 6.21 Å². The predicted molar refractivity (Wildman–Crippen MR) is 67.3 cm³/mol. The van der Waals surface area contributed by atoms with Gasteiger partial charge in [0.05, 0.1) is 12.8 Å². The lowest BCUT2D eigenvalue weighted by Crippen LogP contribution is -2.19. The summed E-state index contributed by atoms with van der Waals surface area (Å²) in [5.74, 6) is 0. The molecule has 1 aliphatic heterocycles. The molecular weight excluding hydrogens is 232 g/mol. The normalized spacial score (nSPS) is 19.5. The third-order valence-corrected chi connectivity index (χ3v) is 2.68. The topological polar surface area (TPSA) is 62.1 Å². The van der Waals surface area contributed by atoms with Crippen molar-refractivity contribution in [3.8, 4) is 0 Å². The number of nitrogens with zero attached hydrogens (tertiary/aromatic N) is 2. The van der Waals surface area contributed by atoms with E-state index in [1.165, 1.54) is 5.01 Å². The standard InChI is InChI=1S/C13H16N2O3/c16-8-4-7-12-10-15(13(17)18-12)14-9-11-5-2-1-3-6-11/h1-3,5-6,9,12,16H,4,7-8,10H2. The van der Waals surface area contributed by atoms with Crippen LogP contribution in [0.4, 0.5) is 4.79 Å². The van der Waals surface area contributed by atoms with Gasteiger partial charge in [-0.2, -0.15) is 10.1 Å². The molecule has 96 valence electrons. The lowest BCUT2D eigenvalue weighted by molar-refractivity contribution is 0.124. The molecule has 0 aliphatic carbocycles. The summed E-state index contributed by atoms with van der Waals surface area (Å²) in [5.41, 5.74) is 0.934. The van der Waals surface area contributed by atoms with Crippen molar-refractivity contribution < 1.29 is 14.6 Å². The molecule has 1 aliphatic rings. The summed E-state index contributed by atoms with van der Waals surface area (Å²) in [6, 6.07) is 9.57. The number of aliphatic hydroxyl groups excluding tert-OH is 1. The maximum atomic E-state index is 11.5. The Morgan fingerprint density at radius 2 is 2.22 bits per heavy atom. The fourth-order valence-electron chi connectivity index (χ4n) is 1.75. The highest BCUT2D eigenvalue weighted by atomic mass is 16.6. The van der Waals surface area contributed by atoms with Crippen LogP contribution in [0.25, 0.3) is 0 Å². The largest absolute Gasteiger partial charge is 0.443 e. The van der Waals surface area contributed by atoms with Gasteiger partial charge in [0.2, 0.25) is 0 Å². The van der Waals surface area contributed by atoms with E-state index in [0.717, 1.165) is 5.56 Å². The number of amides is 1. The first kappa shape index (κ1) is 12.6. The third kappa shape index (κ3) is 3.30. The Morgan fingerprint density at radius 1 is 1.44 bits per heavy atom. The average molecular weight is 248 g/mol. The molecule has 2 rings (SSSR count). The van der Waals surface area contributed by atoms with Crippen molar-refractivity contribution in [2.75, 3.05) is 13.2 Å². The van der Waals surface area contributed by atoms with Crippen molar-refractivity contribution in [2.45, 2.75) is 18.9 Å². The van der Waals surface area contributed by atoms with Crippen LogP contribution < -0.4 is 0 Å². The van der Waals surface area contributed by atoms with Gasteiger partial charge < -0.3 is 9.84 Å². The van der Waals surface area contributed by atoms with Gasteiger partial charge in [-0.1, -0.05) is 30.3 Å². The molecule has 1 aromatic carbocycles. The molecule has 1 amide bonds. The number of benzene rings is 1. The van der Waals surface area contributed by atoms with Crippen molar-refractivity contribution in [2.24, 2.45) is 5.10 Å². The van der Waals surface area contributed by atoms with Crippen molar-refractivity contribution >= 4 is 12.3 Å². The van der Waals surface area contributed by atoms with Crippen LogP contribution in [0.5, 0.6) is 0 Å². The molecule has 1 heterocycles.